The van der Waals surface area contributed by atoms with Crippen LogP contribution in [0.25, 0.3) is 17.1 Å². The summed E-state index contributed by atoms with van der Waals surface area (Å²) in [5.41, 5.74) is 2.28. The molecule has 0 aliphatic rings. The maximum absolute atomic E-state index is 14.0. The van der Waals surface area contributed by atoms with Gasteiger partial charge in [-0.1, -0.05) is 55.8 Å². The third-order valence-electron chi connectivity index (χ3n) is 6.49. The van der Waals surface area contributed by atoms with Gasteiger partial charge in [-0.05, 0) is 57.7 Å². The van der Waals surface area contributed by atoms with Crippen molar-refractivity contribution in [1.29, 1.82) is 0 Å². The lowest BCUT2D eigenvalue weighted by Crippen LogP contribution is -2.40. The van der Waals surface area contributed by atoms with E-state index in [1.807, 2.05) is 36.4 Å². The molecule has 4 aromatic rings. The van der Waals surface area contributed by atoms with Crippen LogP contribution in [-0.2, 0) is 22.9 Å². The fourth-order valence-corrected chi connectivity index (χ4v) is 6.33. The van der Waals surface area contributed by atoms with Crippen LogP contribution in [0.5, 0.6) is 5.75 Å². The van der Waals surface area contributed by atoms with Gasteiger partial charge in [0.1, 0.15) is 5.82 Å². The second-order valence-electron chi connectivity index (χ2n) is 11.0. The minimum Gasteiger partial charge on any atom is -0.494 e. The largest absolute Gasteiger partial charge is 0.494 e. The number of methoxy groups -OCH3 is 1. The minimum atomic E-state index is -3.89. The van der Waals surface area contributed by atoms with E-state index in [-0.39, 0.29) is 22.8 Å². The molecule has 216 valence electrons. The van der Waals surface area contributed by atoms with E-state index < -0.39 is 15.6 Å². The molecule has 0 fully saturated rings. The lowest BCUT2D eigenvalue weighted by molar-refractivity contribution is 0.410. The van der Waals surface area contributed by atoms with E-state index in [1.54, 1.807) is 39.8 Å². The number of benzene rings is 2. The SMILES string of the molecule is CCCCc1nc(C)n(-c2ncc(OC)cn2)c(=O)c1Cc1ccc(-c2ccccc2)c(S(=O)(=O)NC(C)(C)C)c1. The summed E-state index contributed by atoms with van der Waals surface area (Å²) >= 11 is 0. The number of unbranched alkanes of at least 4 members (excludes halogenated alkanes) is 1. The summed E-state index contributed by atoms with van der Waals surface area (Å²) in [7, 11) is -2.37. The van der Waals surface area contributed by atoms with Crippen LogP contribution in [0.2, 0.25) is 0 Å². The van der Waals surface area contributed by atoms with Crippen LogP contribution < -0.4 is 15.0 Å². The molecule has 0 amide bonds. The molecule has 0 aliphatic carbocycles. The summed E-state index contributed by atoms with van der Waals surface area (Å²) in [4.78, 5) is 27.5. The number of aryl methyl sites for hydroxylation is 2. The minimum absolute atomic E-state index is 0.158. The number of rotatable bonds is 10. The van der Waals surface area contributed by atoms with E-state index >= 15 is 0 Å². The standard InChI is InChI=1S/C31H37N5O4S/c1-7-8-14-27-26(29(37)36(21(2)34-27)30-32-19-24(40-6)20-33-30)17-22-15-16-25(23-12-10-9-11-13-23)28(18-22)41(38,39)35-31(3,4)5/h9-13,15-16,18-20,35H,7-8,14,17H2,1-6H3. The molecule has 2 aromatic heterocycles. The second kappa shape index (κ2) is 12.3. The first-order chi connectivity index (χ1) is 19.4. The molecule has 0 saturated heterocycles. The molecule has 41 heavy (non-hydrogen) atoms. The van der Waals surface area contributed by atoms with Crippen LogP contribution in [-0.4, -0.2) is 40.6 Å². The van der Waals surface area contributed by atoms with E-state index in [9.17, 15) is 13.2 Å². The molecule has 0 saturated carbocycles. The molecule has 1 N–H and O–H groups in total. The molecule has 2 aromatic carbocycles. The van der Waals surface area contributed by atoms with Gasteiger partial charge in [-0.3, -0.25) is 4.79 Å². The summed E-state index contributed by atoms with van der Waals surface area (Å²) < 4.78 is 36.6. The number of aromatic nitrogens is 4. The van der Waals surface area contributed by atoms with E-state index in [1.165, 1.54) is 24.1 Å². The van der Waals surface area contributed by atoms with Crippen LogP contribution in [0.1, 0.15) is 63.2 Å². The predicted molar refractivity (Wildman–Crippen MR) is 160 cm³/mol. The van der Waals surface area contributed by atoms with E-state index in [0.717, 1.165) is 18.4 Å². The van der Waals surface area contributed by atoms with Gasteiger partial charge in [-0.2, -0.15) is 0 Å². The highest BCUT2D eigenvalue weighted by molar-refractivity contribution is 7.89. The van der Waals surface area contributed by atoms with Crippen molar-refractivity contribution in [3.05, 3.63) is 93.9 Å². The van der Waals surface area contributed by atoms with Crippen LogP contribution >= 0.6 is 0 Å². The van der Waals surface area contributed by atoms with E-state index in [2.05, 4.69) is 21.6 Å². The molecule has 0 spiro atoms. The van der Waals surface area contributed by atoms with Crippen molar-refractivity contribution in [2.75, 3.05) is 7.11 Å². The number of nitrogens with one attached hydrogen (secondary N) is 1. The fraction of sp³-hybridized carbons (Fsp3) is 0.355. The van der Waals surface area contributed by atoms with Crippen molar-refractivity contribution in [1.82, 2.24) is 24.2 Å². The average molecular weight is 576 g/mol. The van der Waals surface area contributed by atoms with Crippen molar-refractivity contribution in [3.63, 3.8) is 0 Å². The van der Waals surface area contributed by atoms with Crippen molar-refractivity contribution in [2.45, 2.75) is 70.7 Å². The number of ether oxygens (including phenoxy) is 1. The molecule has 0 aliphatic heterocycles. The van der Waals surface area contributed by atoms with Gasteiger partial charge in [0.15, 0.2) is 5.75 Å². The van der Waals surface area contributed by atoms with Gasteiger partial charge in [0.25, 0.3) is 5.56 Å². The Bertz CT molecular complexity index is 1680. The van der Waals surface area contributed by atoms with Gasteiger partial charge >= 0.3 is 0 Å². The van der Waals surface area contributed by atoms with Gasteiger partial charge in [-0.25, -0.2) is 32.7 Å². The Kier molecular flexibility index (Phi) is 9.04. The molecule has 0 radical (unpaired) electrons. The zero-order chi connectivity index (χ0) is 29.8. The first kappa shape index (κ1) is 30.1. The van der Waals surface area contributed by atoms with Crippen LogP contribution in [0.15, 0.2) is 70.6 Å². The van der Waals surface area contributed by atoms with Crippen LogP contribution in [0, 0.1) is 6.92 Å². The van der Waals surface area contributed by atoms with Gasteiger partial charge in [-0.15, -0.1) is 0 Å². The normalized spacial score (nSPS) is 12.0. The number of hydrogen-bond acceptors (Lipinski definition) is 7. The van der Waals surface area contributed by atoms with E-state index in [0.29, 0.717) is 40.4 Å². The third-order valence-corrected chi connectivity index (χ3v) is 8.29. The van der Waals surface area contributed by atoms with Gasteiger partial charge in [0, 0.05) is 23.1 Å². The summed E-state index contributed by atoms with van der Waals surface area (Å²) in [6.07, 6.45) is 5.64. The van der Waals surface area contributed by atoms with Crippen molar-refractivity contribution < 1.29 is 13.2 Å². The molecule has 9 nitrogen and oxygen atoms in total. The zero-order valence-electron chi connectivity index (χ0n) is 24.4. The predicted octanol–water partition coefficient (Wildman–Crippen LogP) is 5.02. The Morgan fingerprint density at radius 2 is 1.71 bits per heavy atom. The Labute approximate surface area is 241 Å². The van der Waals surface area contributed by atoms with Gasteiger partial charge in [0.2, 0.25) is 16.0 Å². The molecule has 0 bridgehead atoms. The quantitative estimate of drug-likeness (QED) is 0.282. The molecular weight excluding hydrogens is 538 g/mol. The highest BCUT2D eigenvalue weighted by Gasteiger charge is 2.26. The van der Waals surface area contributed by atoms with Crippen LogP contribution in [0.3, 0.4) is 0 Å². The van der Waals surface area contributed by atoms with E-state index in [4.69, 9.17) is 9.72 Å². The molecule has 0 atom stereocenters. The van der Waals surface area contributed by atoms with Gasteiger partial charge in [0.05, 0.1) is 30.1 Å². The fourth-order valence-electron chi connectivity index (χ4n) is 4.63. The smallest absolute Gasteiger partial charge is 0.264 e. The average Bonchev–Trinajstić information content (AvgIpc) is 2.93. The molecule has 10 heteroatoms. The maximum atomic E-state index is 14.0. The molecule has 0 unspecified atom stereocenters. The third kappa shape index (κ3) is 7.07. The first-order valence-electron chi connectivity index (χ1n) is 13.6. The van der Waals surface area contributed by atoms with Crippen LogP contribution in [0.4, 0.5) is 0 Å². The number of sulfonamides is 1. The lowest BCUT2D eigenvalue weighted by atomic mass is 9.98. The van der Waals surface area contributed by atoms with Gasteiger partial charge < -0.3 is 4.74 Å². The topological polar surface area (TPSA) is 116 Å². The first-order valence-corrected chi connectivity index (χ1v) is 15.1. The highest BCUT2D eigenvalue weighted by Crippen LogP contribution is 2.30. The molecule has 2 heterocycles. The molecular formula is C31H37N5O4S. The second-order valence-corrected chi connectivity index (χ2v) is 12.6. The maximum Gasteiger partial charge on any atom is 0.264 e. The van der Waals surface area contributed by atoms with Crippen molar-refractivity contribution in [2.24, 2.45) is 0 Å². The summed E-state index contributed by atoms with van der Waals surface area (Å²) in [6, 6.07) is 14.7. The summed E-state index contributed by atoms with van der Waals surface area (Å²) in [6.45, 7) is 9.25. The molecule has 4 rings (SSSR count). The Hall–Kier alpha value is -3.89. The highest BCUT2D eigenvalue weighted by atomic mass is 32.2. The number of nitrogens with zero attached hydrogens (tertiary/aromatic N) is 4. The Morgan fingerprint density at radius 3 is 2.32 bits per heavy atom. The van der Waals surface area contributed by atoms with Crippen molar-refractivity contribution >= 4 is 10.0 Å². The zero-order valence-corrected chi connectivity index (χ0v) is 25.2. The Balaban J connectivity index is 1.87. The Morgan fingerprint density at radius 1 is 1.02 bits per heavy atom. The number of hydrogen-bond donors (Lipinski definition) is 1. The summed E-state index contributed by atoms with van der Waals surface area (Å²) in [5, 5.41) is 0. The van der Waals surface area contributed by atoms with Crippen molar-refractivity contribution in [3.8, 4) is 22.8 Å². The lowest BCUT2D eigenvalue weighted by Gasteiger charge is -2.22. The monoisotopic (exact) mass is 575 g/mol. The summed E-state index contributed by atoms with van der Waals surface area (Å²) in [5.74, 6) is 1.15.